The van der Waals surface area contributed by atoms with Crippen LogP contribution in [0.4, 0.5) is 26.3 Å². The molecule has 2 rings (SSSR count). The molecule has 1 aromatic rings. The zero-order chi connectivity index (χ0) is 16.5. The Morgan fingerprint density at radius 1 is 0.913 bits per heavy atom. The van der Waals surface area contributed by atoms with Crippen molar-refractivity contribution in [3.63, 3.8) is 0 Å². The van der Waals surface area contributed by atoms with Crippen LogP contribution in [0.1, 0.15) is 35.6 Å². The topological polar surface area (TPSA) is 35.2 Å². The van der Waals surface area contributed by atoms with Gasteiger partial charge in [0.15, 0.2) is 0 Å². The van der Waals surface area contributed by atoms with Crippen LogP contribution in [0.2, 0.25) is 0 Å². The van der Waals surface area contributed by atoms with Crippen LogP contribution >= 0.6 is 12.4 Å². The summed E-state index contributed by atoms with van der Waals surface area (Å²) in [4.78, 5) is 0. The quantitative estimate of drug-likeness (QED) is 0.781. The van der Waals surface area contributed by atoms with E-state index in [-0.39, 0.29) is 30.0 Å². The molecule has 0 unspecified atom stereocenters. The summed E-state index contributed by atoms with van der Waals surface area (Å²) in [5.41, 5.74) is 3.09. The Kier molecular flexibility index (Phi) is 6.34. The smallest absolute Gasteiger partial charge is 0.381 e. The molecular weight excluding hydrogens is 348 g/mol. The van der Waals surface area contributed by atoms with Gasteiger partial charge in [0.2, 0.25) is 0 Å². The molecule has 132 valence electrons. The highest BCUT2D eigenvalue weighted by Crippen LogP contribution is 2.39. The van der Waals surface area contributed by atoms with Gasteiger partial charge in [0.25, 0.3) is 0 Å². The van der Waals surface area contributed by atoms with E-state index in [2.05, 4.69) is 0 Å². The lowest BCUT2D eigenvalue weighted by Gasteiger charge is -2.28. The molecule has 0 radical (unpaired) electrons. The van der Waals surface area contributed by atoms with Crippen molar-refractivity contribution in [2.75, 3.05) is 13.2 Å². The lowest BCUT2D eigenvalue weighted by Crippen LogP contribution is -2.28. The molecule has 23 heavy (non-hydrogen) atoms. The van der Waals surface area contributed by atoms with Crippen molar-refractivity contribution in [3.05, 3.63) is 34.9 Å². The molecule has 1 atom stereocenters. The molecule has 0 aliphatic carbocycles. The number of ether oxygens (including phenoxy) is 1. The fourth-order valence-electron chi connectivity index (χ4n) is 2.52. The fourth-order valence-corrected chi connectivity index (χ4v) is 2.52. The van der Waals surface area contributed by atoms with Gasteiger partial charge in [-0.2, -0.15) is 26.3 Å². The number of benzene rings is 1. The molecule has 0 spiro atoms. The van der Waals surface area contributed by atoms with Gasteiger partial charge in [0.1, 0.15) is 0 Å². The van der Waals surface area contributed by atoms with Gasteiger partial charge in [-0.25, -0.2) is 0 Å². The normalized spacial score (nSPS) is 18.4. The number of hydrogen-bond acceptors (Lipinski definition) is 2. The monoisotopic (exact) mass is 363 g/mol. The average molecular weight is 364 g/mol. The molecule has 1 heterocycles. The first-order valence-electron chi connectivity index (χ1n) is 6.72. The van der Waals surface area contributed by atoms with Crippen molar-refractivity contribution in [1.29, 1.82) is 0 Å². The van der Waals surface area contributed by atoms with E-state index in [1.807, 2.05) is 0 Å². The van der Waals surface area contributed by atoms with E-state index in [1.165, 1.54) is 0 Å². The highest BCUT2D eigenvalue weighted by Gasteiger charge is 2.38. The van der Waals surface area contributed by atoms with Crippen LogP contribution in [0.15, 0.2) is 18.2 Å². The second kappa shape index (κ2) is 7.27. The summed E-state index contributed by atoms with van der Waals surface area (Å²) < 4.78 is 82.0. The van der Waals surface area contributed by atoms with Crippen LogP contribution < -0.4 is 5.73 Å². The molecule has 1 aliphatic heterocycles. The Morgan fingerprint density at radius 3 is 1.74 bits per heavy atom. The predicted molar refractivity (Wildman–Crippen MR) is 74.2 cm³/mol. The third kappa shape index (κ3) is 4.99. The van der Waals surface area contributed by atoms with Crippen LogP contribution in [0.5, 0.6) is 0 Å². The number of nitrogens with two attached hydrogens (primary N) is 1. The maximum atomic E-state index is 12.8. The van der Waals surface area contributed by atoms with Gasteiger partial charge >= 0.3 is 12.4 Å². The lowest BCUT2D eigenvalue weighted by atomic mass is 9.86. The summed E-state index contributed by atoms with van der Waals surface area (Å²) in [7, 11) is 0. The highest BCUT2D eigenvalue weighted by molar-refractivity contribution is 5.85. The van der Waals surface area contributed by atoms with E-state index in [4.69, 9.17) is 10.5 Å². The fraction of sp³-hybridized carbons (Fsp3) is 0.571. The van der Waals surface area contributed by atoms with E-state index in [0.29, 0.717) is 38.2 Å². The SMILES string of the molecule is Cl.N[C@@H](c1cc(C(F)(F)F)cc(C(F)(F)F)c1)C1CCOCC1. The Morgan fingerprint density at radius 2 is 1.35 bits per heavy atom. The average Bonchev–Trinajstić information content (AvgIpc) is 2.45. The predicted octanol–water partition coefficient (Wildman–Crippen LogP) is 4.57. The number of hydrogen-bond donors (Lipinski definition) is 1. The van der Waals surface area contributed by atoms with Gasteiger partial charge in [0, 0.05) is 19.3 Å². The summed E-state index contributed by atoms with van der Waals surface area (Å²) >= 11 is 0. The van der Waals surface area contributed by atoms with Crippen molar-refractivity contribution in [3.8, 4) is 0 Å². The first-order chi connectivity index (χ1) is 10.1. The van der Waals surface area contributed by atoms with E-state index < -0.39 is 29.5 Å². The number of alkyl halides is 6. The van der Waals surface area contributed by atoms with Crippen molar-refractivity contribution in [1.82, 2.24) is 0 Å². The molecular formula is C14H16ClF6NO. The highest BCUT2D eigenvalue weighted by atomic mass is 35.5. The summed E-state index contributed by atoms with van der Waals surface area (Å²) in [5.74, 6) is -0.196. The summed E-state index contributed by atoms with van der Waals surface area (Å²) in [5, 5.41) is 0. The van der Waals surface area contributed by atoms with E-state index in [1.54, 1.807) is 0 Å². The van der Waals surface area contributed by atoms with Crippen LogP contribution in [0.25, 0.3) is 0 Å². The largest absolute Gasteiger partial charge is 0.416 e. The third-order valence-corrected chi connectivity index (χ3v) is 3.77. The first kappa shape index (κ1) is 20.1. The van der Waals surface area contributed by atoms with Crippen LogP contribution in [-0.4, -0.2) is 13.2 Å². The van der Waals surface area contributed by atoms with Crippen molar-refractivity contribution in [2.24, 2.45) is 11.7 Å². The first-order valence-corrected chi connectivity index (χ1v) is 6.72. The minimum absolute atomic E-state index is 0. The van der Waals surface area contributed by atoms with Gasteiger partial charge < -0.3 is 10.5 Å². The third-order valence-electron chi connectivity index (χ3n) is 3.77. The molecule has 2 nitrogen and oxygen atoms in total. The maximum absolute atomic E-state index is 12.8. The molecule has 0 amide bonds. The molecule has 1 fully saturated rings. The summed E-state index contributed by atoms with van der Waals surface area (Å²) in [6.45, 7) is 0.812. The molecule has 0 aromatic heterocycles. The van der Waals surface area contributed by atoms with Crippen molar-refractivity contribution < 1.29 is 31.1 Å². The Balaban J connectivity index is 0.00000264. The van der Waals surface area contributed by atoms with E-state index in [9.17, 15) is 26.3 Å². The zero-order valence-electron chi connectivity index (χ0n) is 11.9. The van der Waals surface area contributed by atoms with Crippen molar-refractivity contribution in [2.45, 2.75) is 31.2 Å². The minimum Gasteiger partial charge on any atom is -0.381 e. The van der Waals surface area contributed by atoms with Gasteiger partial charge in [-0.05, 0) is 42.5 Å². The Bertz CT molecular complexity index is 493. The van der Waals surface area contributed by atoms with Gasteiger partial charge in [-0.1, -0.05) is 0 Å². The molecule has 0 bridgehead atoms. The Hall–Kier alpha value is -0.990. The second-order valence-electron chi connectivity index (χ2n) is 5.31. The van der Waals surface area contributed by atoms with E-state index >= 15 is 0 Å². The molecule has 1 aliphatic rings. The zero-order valence-corrected chi connectivity index (χ0v) is 12.7. The van der Waals surface area contributed by atoms with Gasteiger partial charge in [-0.15, -0.1) is 12.4 Å². The van der Waals surface area contributed by atoms with Crippen molar-refractivity contribution >= 4 is 12.4 Å². The van der Waals surface area contributed by atoms with Crippen LogP contribution in [0.3, 0.4) is 0 Å². The summed E-state index contributed by atoms with van der Waals surface area (Å²) in [6, 6.07) is 0.637. The molecule has 9 heteroatoms. The molecule has 0 saturated carbocycles. The van der Waals surface area contributed by atoms with Crippen LogP contribution in [-0.2, 0) is 17.1 Å². The maximum Gasteiger partial charge on any atom is 0.416 e. The Labute approximate surface area is 135 Å². The minimum atomic E-state index is -4.86. The van der Waals surface area contributed by atoms with Gasteiger partial charge in [0.05, 0.1) is 11.1 Å². The van der Waals surface area contributed by atoms with E-state index in [0.717, 1.165) is 0 Å². The number of halogens is 7. The van der Waals surface area contributed by atoms with Crippen LogP contribution in [0, 0.1) is 5.92 Å². The standard InChI is InChI=1S/C14H15F6NO.ClH/c15-13(16,17)10-5-9(6-11(7-10)14(18,19)20)12(21)8-1-3-22-4-2-8;/h5-8,12H,1-4,21H2;1H/t12-;/m1./s1. The number of rotatable bonds is 2. The summed E-state index contributed by atoms with van der Waals surface area (Å²) in [6.07, 6.45) is -8.69. The molecule has 1 aromatic carbocycles. The molecule has 2 N–H and O–H groups in total. The lowest BCUT2D eigenvalue weighted by molar-refractivity contribution is -0.143. The molecule has 1 saturated heterocycles. The second-order valence-corrected chi connectivity index (χ2v) is 5.31. The van der Waals surface area contributed by atoms with Gasteiger partial charge in [-0.3, -0.25) is 0 Å².